The zero-order valence-corrected chi connectivity index (χ0v) is 9.41. The summed E-state index contributed by atoms with van der Waals surface area (Å²) < 4.78 is 5.25. The molecule has 1 heterocycles. The summed E-state index contributed by atoms with van der Waals surface area (Å²) in [7, 11) is 0. The van der Waals surface area contributed by atoms with Crippen molar-refractivity contribution in [3.8, 4) is 0 Å². The van der Waals surface area contributed by atoms with Crippen LogP contribution in [-0.4, -0.2) is 5.16 Å². The second-order valence-corrected chi connectivity index (χ2v) is 4.62. The van der Waals surface area contributed by atoms with Gasteiger partial charge in [-0.05, 0) is 25.7 Å². The van der Waals surface area contributed by atoms with E-state index in [0.717, 1.165) is 5.76 Å². The molecule has 1 fully saturated rings. The first-order chi connectivity index (χ1) is 7.29. The molecule has 0 bridgehead atoms. The quantitative estimate of drug-likeness (QED) is 0.760. The first-order valence-corrected chi connectivity index (χ1v) is 5.99. The highest BCUT2D eigenvalue weighted by Crippen LogP contribution is 2.34. The van der Waals surface area contributed by atoms with Gasteiger partial charge >= 0.3 is 0 Å². The molecule has 0 aliphatic heterocycles. The maximum absolute atomic E-state index is 5.87. The van der Waals surface area contributed by atoms with Crippen LogP contribution in [0, 0.1) is 0 Å². The predicted molar refractivity (Wildman–Crippen MR) is 59.5 cm³/mol. The Kier molecular flexibility index (Phi) is 3.41. The lowest BCUT2D eigenvalue weighted by Gasteiger charge is -2.14. The summed E-state index contributed by atoms with van der Waals surface area (Å²) in [6, 6.07) is -0.0363. The van der Waals surface area contributed by atoms with Crippen molar-refractivity contribution in [3.05, 3.63) is 17.5 Å². The standard InChI is InChI=1S/C12H20N2O/c1-9(13)12-11(8-14-15-12)10-6-4-2-3-5-7-10/h8-10H,2-7,13H2,1H3. The summed E-state index contributed by atoms with van der Waals surface area (Å²) >= 11 is 0. The summed E-state index contributed by atoms with van der Waals surface area (Å²) in [6.07, 6.45) is 9.80. The molecule has 84 valence electrons. The molecule has 0 radical (unpaired) electrons. The Morgan fingerprint density at radius 3 is 2.60 bits per heavy atom. The third kappa shape index (κ3) is 2.40. The molecule has 1 aromatic rings. The molecule has 0 saturated heterocycles. The molecule has 3 heteroatoms. The van der Waals surface area contributed by atoms with Gasteiger partial charge in [0.15, 0.2) is 5.76 Å². The van der Waals surface area contributed by atoms with Gasteiger partial charge in [-0.3, -0.25) is 0 Å². The van der Waals surface area contributed by atoms with E-state index >= 15 is 0 Å². The second-order valence-electron chi connectivity index (χ2n) is 4.62. The normalized spacial score (nSPS) is 21.2. The third-order valence-electron chi connectivity index (χ3n) is 3.34. The minimum Gasteiger partial charge on any atom is -0.359 e. The van der Waals surface area contributed by atoms with Gasteiger partial charge in [0.05, 0.1) is 12.2 Å². The average Bonchev–Trinajstić information content (AvgIpc) is 2.55. The van der Waals surface area contributed by atoms with Gasteiger partial charge in [0.1, 0.15) is 0 Å². The van der Waals surface area contributed by atoms with Crippen molar-refractivity contribution in [2.24, 2.45) is 5.73 Å². The van der Waals surface area contributed by atoms with Crippen molar-refractivity contribution in [2.45, 2.75) is 57.4 Å². The van der Waals surface area contributed by atoms with Crippen LogP contribution in [0.5, 0.6) is 0 Å². The first-order valence-electron chi connectivity index (χ1n) is 5.99. The molecule has 1 aromatic heterocycles. The molecule has 15 heavy (non-hydrogen) atoms. The van der Waals surface area contributed by atoms with Crippen molar-refractivity contribution in [1.29, 1.82) is 0 Å². The van der Waals surface area contributed by atoms with E-state index in [0.29, 0.717) is 5.92 Å². The van der Waals surface area contributed by atoms with Crippen molar-refractivity contribution in [1.82, 2.24) is 5.16 Å². The fourth-order valence-corrected chi connectivity index (χ4v) is 2.50. The molecule has 0 amide bonds. The Hall–Kier alpha value is -0.830. The van der Waals surface area contributed by atoms with Crippen LogP contribution in [-0.2, 0) is 0 Å². The predicted octanol–water partition coefficient (Wildman–Crippen LogP) is 3.13. The molecule has 0 aromatic carbocycles. The highest BCUT2D eigenvalue weighted by Gasteiger charge is 2.22. The van der Waals surface area contributed by atoms with Gasteiger partial charge in [0.25, 0.3) is 0 Å². The van der Waals surface area contributed by atoms with Crippen molar-refractivity contribution < 1.29 is 4.52 Å². The fraction of sp³-hybridized carbons (Fsp3) is 0.750. The van der Waals surface area contributed by atoms with Crippen LogP contribution < -0.4 is 5.73 Å². The van der Waals surface area contributed by atoms with Gasteiger partial charge in [-0.1, -0.05) is 30.8 Å². The van der Waals surface area contributed by atoms with E-state index < -0.39 is 0 Å². The molecule has 1 atom stereocenters. The number of hydrogen-bond donors (Lipinski definition) is 1. The lowest BCUT2D eigenvalue weighted by molar-refractivity contribution is 0.363. The van der Waals surface area contributed by atoms with E-state index in [4.69, 9.17) is 10.3 Å². The largest absolute Gasteiger partial charge is 0.359 e. The summed E-state index contributed by atoms with van der Waals surface area (Å²) in [5.74, 6) is 1.52. The molecule has 1 saturated carbocycles. The van der Waals surface area contributed by atoms with Crippen LogP contribution in [0.25, 0.3) is 0 Å². The molecule has 2 rings (SSSR count). The van der Waals surface area contributed by atoms with E-state index in [9.17, 15) is 0 Å². The summed E-state index contributed by atoms with van der Waals surface area (Å²) in [5.41, 5.74) is 7.13. The number of hydrogen-bond acceptors (Lipinski definition) is 3. The molecule has 1 aliphatic rings. The number of nitrogens with two attached hydrogens (primary N) is 1. The van der Waals surface area contributed by atoms with E-state index in [-0.39, 0.29) is 6.04 Å². The Morgan fingerprint density at radius 1 is 1.33 bits per heavy atom. The van der Waals surface area contributed by atoms with Crippen molar-refractivity contribution in [2.75, 3.05) is 0 Å². The van der Waals surface area contributed by atoms with Gasteiger partial charge in [-0.25, -0.2) is 0 Å². The van der Waals surface area contributed by atoms with Gasteiger partial charge < -0.3 is 10.3 Å². The minimum absolute atomic E-state index is 0.0363. The molecule has 0 spiro atoms. The highest BCUT2D eigenvalue weighted by molar-refractivity contribution is 5.21. The number of aromatic nitrogens is 1. The first kappa shape index (κ1) is 10.7. The van der Waals surface area contributed by atoms with Gasteiger partial charge in [-0.15, -0.1) is 0 Å². The Labute approximate surface area is 91.0 Å². The SMILES string of the molecule is CC(N)c1oncc1C1CCCCCC1. The van der Waals surface area contributed by atoms with Gasteiger partial charge in [0.2, 0.25) is 0 Å². The Bertz CT molecular complexity index is 298. The maximum Gasteiger partial charge on any atom is 0.156 e. The van der Waals surface area contributed by atoms with Crippen molar-refractivity contribution in [3.63, 3.8) is 0 Å². The summed E-state index contributed by atoms with van der Waals surface area (Å²) in [5, 5.41) is 3.89. The van der Waals surface area contributed by atoms with Crippen LogP contribution >= 0.6 is 0 Å². The van der Waals surface area contributed by atoms with E-state index in [1.54, 1.807) is 0 Å². The average molecular weight is 208 g/mol. The topological polar surface area (TPSA) is 52.0 Å². The van der Waals surface area contributed by atoms with E-state index in [2.05, 4.69) is 5.16 Å². The van der Waals surface area contributed by atoms with Gasteiger partial charge in [0, 0.05) is 5.56 Å². The van der Waals surface area contributed by atoms with Crippen LogP contribution in [0.15, 0.2) is 10.7 Å². The maximum atomic E-state index is 5.87. The summed E-state index contributed by atoms with van der Waals surface area (Å²) in [6.45, 7) is 1.96. The van der Waals surface area contributed by atoms with Crippen LogP contribution in [0.2, 0.25) is 0 Å². The lowest BCUT2D eigenvalue weighted by Crippen LogP contribution is -2.08. The third-order valence-corrected chi connectivity index (χ3v) is 3.34. The molecule has 1 unspecified atom stereocenters. The zero-order chi connectivity index (χ0) is 10.7. The number of nitrogens with zero attached hydrogens (tertiary/aromatic N) is 1. The van der Waals surface area contributed by atoms with Crippen LogP contribution in [0.1, 0.15) is 68.7 Å². The minimum atomic E-state index is -0.0363. The monoisotopic (exact) mass is 208 g/mol. The lowest BCUT2D eigenvalue weighted by atomic mass is 9.91. The smallest absolute Gasteiger partial charge is 0.156 e. The molecular weight excluding hydrogens is 188 g/mol. The second kappa shape index (κ2) is 4.79. The van der Waals surface area contributed by atoms with Crippen molar-refractivity contribution >= 4 is 0 Å². The van der Waals surface area contributed by atoms with E-state index in [1.807, 2.05) is 13.1 Å². The van der Waals surface area contributed by atoms with E-state index in [1.165, 1.54) is 44.1 Å². The fourth-order valence-electron chi connectivity index (χ4n) is 2.50. The molecule has 2 N–H and O–H groups in total. The number of rotatable bonds is 2. The molecule has 1 aliphatic carbocycles. The molecular formula is C12H20N2O. The Morgan fingerprint density at radius 2 is 2.00 bits per heavy atom. The highest BCUT2D eigenvalue weighted by atomic mass is 16.5. The van der Waals surface area contributed by atoms with Crippen LogP contribution in [0.4, 0.5) is 0 Å². The zero-order valence-electron chi connectivity index (χ0n) is 9.41. The van der Waals surface area contributed by atoms with Crippen LogP contribution in [0.3, 0.4) is 0 Å². The molecule has 3 nitrogen and oxygen atoms in total. The summed E-state index contributed by atoms with van der Waals surface area (Å²) in [4.78, 5) is 0. The van der Waals surface area contributed by atoms with Gasteiger partial charge in [-0.2, -0.15) is 0 Å². The Balaban J connectivity index is 2.15.